The molecule has 5 rings (SSSR count). The normalized spacial score (nSPS) is 33.8. The van der Waals surface area contributed by atoms with Gasteiger partial charge in [-0.25, -0.2) is 8.42 Å². The third-order valence-electron chi connectivity index (χ3n) is 6.96. The van der Waals surface area contributed by atoms with Crippen LogP contribution >= 0.6 is 0 Å². The molecular formula is C21H28O4S. The molecule has 0 amide bonds. The van der Waals surface area contributed by atoms with Crippen molar-refractivity contribution in [2.24, 2.45) is 23.2 Å². The fraction of sp³-hybridized carbons (Fsp3) is 0.667. The molecule has 4 nitrogen and oxygen atoms in total. The van der Waals surface area contributed by atoms with Gasteiger partial charge in [-0.1, -0.05) is 18.2 Å². The molecule has 4 bridgehead atoms. The first-order chi connectivity index (χ1) is 12.4. The van der Waals surface area contributed by atoms with E-state index < -0.39 is 21.1 Å². The predicted octanol–water partition coefficient (Wildman–Crippen LogP) is 4.00. The number of benzene rings is 1. The molecule has 1 atom stereocenters. The van der Waals surface area contributed by atoms with Crippen LogP contribution in [0.15, 0.2) is 35.2 Å². The van der Waals surface area contributed by atoms with Crippen LogP contribution in [0.3, 0.4) is 0 Å². The number of carbonyl (C=O) groups is 1. The molecule has 142 valence electrons. The summed E-state index contributed by atoms with van der Waals surface area (Å²) in [5, 5.41) is -0.686. The Morgan fingerprint density at radius 1 is 1.08 bits per heavy atom. The highest BCUT2D eigenvalue weighted by atomic mass is 32.2. The summed E-state index contributed by atoms with van der Waals surface area (Å²) < 4.78 is 31.4. The van der Waals surface area contributed by atoms with Crippen LogP contribution in [0.2, 0.25) is 0 Å². The lowest BCUT2D eigenvalue weighted by molar-refractivity contribution is -0.141. The average molecular weight is 377 g/mol. The Morgan fingerprint density at radius 3 is 2.12 bits per heavy atom. The third kappa shape index (κ3) is 3.30. The van der Waals surface area contributed by atoms with Crippen molar-refractivity contribution in [1.82, 2.24) is 0 Å². The number of sulfone groups is 1. The highest BCUT2D eigenvalue weighted by Gasteiger charge is 2.52. The number of methoxy groups -OCH3 is 1. The Labute approximate surface area is 156 Å². The number of hydrogen-bond acceptors (Lipinski definition) is 4. The first-order valence-corrected chi connectivity index (χ1v) is 11.3. The van der Waals surface area contributed by atoms with Gasteiger partial charge in [-0.3, -0.25) is 4.79 Å². The second kappa shape index (κ2) is 6.66. The van der Waals surface area contributed by atoms with Crippen molar-refractivity contribution in [3.8, 4) is 0 Å². The summed E-state index contributed by atoms with van der Waals surface area (Å²) in [6.45, 7) is 0. The molecule has 0 aliphatic heterocycles. The molecule has 26 heavy (non-hydrogen) atoms. The number of ether oxygens (including phenoxy) is 1. The summed E-state index contributed by atoms with van der Waals surface area (Å²) in [6.07, 6.45) is 7.95. The van der Waals surface area contributed by atoms with Crippen LogP contribution in [-0.2, 0) is 19.4 Å². The molecular weight excluding hydrogens is 348 g/mol. The molecule has 0 spiro atoms. The van der Waals surface area contributed by atoms with Gasteiger partial charge in [0.15, 0.2) is 9.84 Å². The molecule has 1 unspecified atom stereocenters. The second-order valence-corrected chi connectivity index (χ2v) is 11.1. The summed E-state index contributed by atoms with van der Waals surface area (Å²) in [4.78, 5) is 12.3. The Hall–Kier alpha value is -1.36. The topological polar surface area (TPSA) is 60.4 Å². The van der Waals surface area contributed by atoms with Crippen molar-refractivity contribution < 1.29 is 17.9 Å². The van der Waals surface area contributed by atoms with E-state index in [1.54, 1.807) is 24.3 Å². The average Bonchev–Trinajstić information content (AvgIpc) is 2.60. The van der Waals surface area contributed by atoms with E-state index in [2.05, 4.69) is 0 Å². The first kappa shape index (κ1) is 18.0. The lowest BCUT2D eigenvalue weighted by Gasteiger charge is -2.57. The Balaban J connectivity index is 1.63. The van der Waals surface area contributed by atoms with Crippen LogP contribution in [0.25, 0.3) is 0 Å². The zero-order valence-corrected chi connectivity index (χ0v) is 16.2. The molecule has 4 fully saturated rings. The van der Waals surface area contributed by atoms with Crippen molar-refractivity contribution >= 4 is 15.8 Å². The summed E-state index contributed by atoms with van der Waals surface area (Å²) in [5.74, 6) is 1.86. The standard InChI is InChI=1S/C21H28O4S/c1-25-20(22)10-19(26(23,24)18-5-3-2-4-6-18)14-21-11-15-7-16(12-21)9-17(8-15)13-21/h2-6,15-17,19H,7-14H2,1H3. The minimum absolute atomic E-state index is 0.0462. The highest BCUT2D eigenvalue weighted by Crippen LogP contribution is 2.62. The lowest BCUT2D eigenvalue weighted by Crippen LogP contribution is -2.48. The molecule has 0 N–H and O–H groups in total. The number of rotatable bonds is 6. The van der Waals surface area contributed by atoms with Gasteiger partial charge in [0, 0.05) is 0 Å². The smallest absolute Gasteiger partial charge is 0.306 e. The van der Waals surface area contributed by atoms with E-state index in [-0.39, 0.29) is 11.8 Å². The van der Waals surface area contributed by atoms with Gasteiger partial charge < -0.3 is 4.74 Å². The van der Waals surface area contributed by atoms with Crippen LogP contribution in [0, 0.1) is 23.2 Å². The first-order valence-electron chi connectivity index (χ1n) is 9.76. The molecule has 4 saturated carbocycles. The molecule has 1 aromatic rings. The lowest BCUT2D eigenvalue weighted by atomic mass is 9.48. The second-order valence-electron chi connectivity index (χ2n) is 8.88. The van der Waals surface area contributed by atoms with Gasteiger partial charge in [-0.2, -0.15) is 0 Å². The number of esters is 1. The molecule has 0 aromatic heterocycles. The quantitative estimate of drug-likeness (QED) is 0.704. The number of hydrogen-bond donors (Lipinski definition) is 0. The molecule has 4 aliphatic carbocycles. The van der Waals surface area contributed by atoms with Crippen molar-refractivity contribution in [1.29, 1.82) is 0 Å². The Kier molecular flexibility index (Phi) is 4.62. The zero-order valence-electron chi connectivity index (χ0n) is 15.4. The molecule has 0 radical (unpaired) electrons. The fourth-order valence-corrected chi connectivity index (χ4v) is 8.24. The minimum atomic E-state index is -3.55. The van der Waals surface area contributed by atoms with Crippen LogP contribution in [0.1, 0.15) is 51.4 Å². The maximum absolute atomic E-state index is 13.3. The van der Waals surface area contributed by atoms with Crippen LogP contribution in [0.5, 0.6) is 0 Å². The van der Waals surface area contributed by atoms with Crippen LogP contribution in [0.4, 0.5) is 0 Å². The van der Waals surface area contributed by atoms with Crippen LogP contribution in [-0.4, -0.2) is 26.7 Å². The largest absolute Gasteiger partial charge is 0.469 e. The molecule has 1 aromatic carbocycles. The van der Waals surface area contributed by atoms with Gasteiger partial charge >= 0.3 is 5.97 Å². The van der Waals surface area contributed by atoms with Gasteiger partial charge in [0.1, 0.15) is 0 Å². The van der Waals surface area contributed by atoms with E-state index in [1.165, 1.54) is 26.4 Å². The number of carbonyl (C=O) groups excluding carboxylic acids is 1. The summed E-state index contributed by atoms with van der Waals surface area (Å²) >= 11 is 0. The van der Waals surface area contributed by atoms with Gasteiger partial charge in [0.25, 0.3) is 0 Å². The van der Waals surface area contributed by atoms with Crippen LogP contribution < -0.4 is 0 Å². The molecule has 0 heterocycles. The minimum Gasteiger partial charge on any atom is -0.469 e. The van der Waals surface area contributed by atoms with E-state index in [4.69, 9.17) is 4.74 Å². The monoisotopic (exact) mass is 376 g/mol. The Bertz CT molecular complexity index is 733. The maximum Gasteiger partial charge on any atom is 0.306 e. The molecule has 0 saturated heterocycles. The van der Waals surface area contributed by atoms with Crippen molar-refractivity contribution in [2.45, 2.75) is 61.5 Å². The zero-order chi connectivity index (χ0) is 18.4. The highest BCUT2D eigenvalue weighted by molar-refractivity contribution is 7.92. The van der Waals surface area contributed by atoms with E-state index in [1.807, 2.05) is 6.07 Å². The van der Waals surface area contributed by atoms with E-state index in [0.717, 1.165) is 37.0 Å². The summed E-state index contributed by atoms with van der Waals surface area (Å²) in [6, 6.07) is 8.58. The summed E-state index contributed by atoms with van der Waals surface area (Å²) in [7, 11) is -2.22. The summed E-state index contributed by atoms with van der Waals surface area (Å²) in [5.41, 5.74) is 0.106. The van der Waals surface area contributed by atoms with Gasteiger partial charge in [0.2, 0.25) is 0 Å². The van der Waals surface area contributed by atoms with Crippen molar-refractivity contribution in [2.75, 3.05) is 7.11 Å². The van der Waals surface area contributed by atoms with E-state index in [0.29, 0.717) is 11.3 Å². The maximum atomic E-state index is 13.3. The predicted molar refractivity (Wildman–Crippen MR) is 99.3 cm³/mol. The van der Waals surface area contributed by atoms with Crippen molar-refractivity contribution in [3.05, 3.63) is 30.3 Å². The molecule has 5 heteroatoms. The molecule has 4 aliphatic rings. The van der Waals surface area contributed by atoms with Gasteiger partial charge in [-0.15, -0.1) is 0 Å². The SMILES string of the molecule is COC(=O)CC(CC12CC3CC(CC(C3)C1)C2)S(=O)(=O)c1ccccc1. The van der Waals surface area contributed by atoms with Gasteiger partial charge in [-0.05, 0) is 80.2 Å². The van der Waals surface area contributed by atoms with Gasteiger partial charge in [0.05, 0.1) is 23.7 Å². The third-order valence-corrected chi connectivity index (χ3v) is 9.10. The van der Waals surface area contributed by atoms with E-state index in [9.17, 15) is 13.2 Å². The fourth-order valence-electron chi connectivity index (χ4n) is 6.39. The van der Waals surface area contributed by atoms with Crippen molar-refractivity contribution in [3.63, 3.8) is 0 Å². The van der Waals surface area contributed by atoms with E-state index >= 15 is 0 Å². The Morgan fingerprint density at radius 2 is 1.62 bits per heavy atom.